The molecule has 1 atom stereocenters. The lowest BCUT2D eigenvalue weighted by Crippen LogP contribution is -2.56. The largest absolute Gasteiger partial charge is 0.350 e. The highest BCUT2D eigenvalue weighted by molar-refractivity contribution is 6.02. The van der Waals surface area contributed by atoms with Gasteiger partial charge in [-0.15, -0.1) is 0 Å². The number of nitriles is 1. The summed E-state index contributed by atoms with van der Waals surface area (Å²) in [6, 6.07) is 15.6. The standard InChI is InChI=1S/C26H29N5O3/c1-17-3-2-4-20(15-17)26(34)31-14-13-30(25(33)19-7-5-18(16-27)6-8-19)24(31)23(32)29-22-11-9-21(28)10-12-22/h2-8,15,21-22,24H,9-14,28H2,1H3,(H,29,32). The molecule has 0 spiro atoms. The smallest absolute Gasteiger partial charge is 0.264 e. The van der Waals surface area contributed by atoms with E-state index in [1.165, 1.54) is 9.80 Å². The molecule has 8 nitrogen and oxygen atoms in total. The minimum absolute atomic E-state index is 0.0318. The Labute approximate surface area is 199 Å². The molecule has 4 rings (SSSR count). The second-order valence-corrected chi connectivity index (χ2v) is 9.05. The SMILES string of the molecule is Cc1cccc(C(=O)N2CCN(C(=O)c3ccc(C#N)cc3)C2C(=O)NC2CCC(N)CC2)c1. The van der Waals surface area contributed by atoms with Crippen molar-refractivity contribution in [3.63, 3.8) is 0 Å². The Hall–Kier alpha value is -3.70. The van der Waals surface area contributed by atoms with Gasteiger partial charge in [0.05, 0.1) is 11.6 Å². The van der Waals surface area contributed by atoms with Crippen LogP contribution in [-0.2, 0) is 4.79 Å². The topological polar surface area (TPSA) is 120 Å². The summed E-state index contributed by atoms with van der Waals surface area (Å²) >= 11 is 0. The van der Waals surface area contributed by atoms with Gasteiger partial charge in [0.15, 0.2) is 6.17 Å². The molecule has 0 bridgehead atoms. The van der Waals surface area contributed by atoms with Gasteiger partial charge >= 0.3 is 0 Å². The third kappa shape index (κ3) is 4.95. The molecule has 1 heterocycles. The zero-order valence-electron chi connectivity index (χ0n) is 19.2. The molecule has 3 amide bonds. The molecule has 3 N–H and O–H groups in total. The Morgan fingerprint density at radius 1 is 0.941 bits per heavy atom. The van der Waals surface area contributed by atoms with E-state index in [0.717, 1.165) is 31.2 Å². The van der Waals surface area contributed by atoms with Crippen LogP contribution < -0.4 is 11.1 Å². The average Bonchev–Trinajstić information content (AvgIpc) is 3.30. The Kier molecular flexibility index (Phi) is 6.94. The van der Waals surface area contributed by atoms with E-state index in [2.05, 4.69) is 5.32 Å². The summed E-state index contributed by atoms with van der Waals surface area (Å²) in [6.45, 7) is 2.39. The van der Waals surface area contributed by atoms with Crippen molar-refractivity contribution in [2.45, 2.75) is 50.9 Å². The van der Waals surface area contributed by atoms with Crippen molar-refractivity contribution in [2.24, 2.45) is 5.73 Å². The van der Waals surface area contributed by atoms with Crippen molar-refractivity contribution < 1.29 is 14.4 Å². The second-order valence-electron chi connectivity index (χ2n) is 9.05. The molecular weight excluding hydrogens is 430 g/mol. The van der Waals surface area contributed by atoms with E-state index in [4.69, 9.17) is 11.0 Å². The number of nitrogens with zero attached hydrogens (tertiary/aromatic N) is 3. The van der Waals surface area contributed by atoms with E-state index in [1.807, 2.05) is 19.1 Å². The average molecular weight is 460 g/mol. The highest BCUT2D eigenvalue weighted by Gasteiger charge is 2.43. The Morgan fingerprint density at radius 2 is 1.56 bits per heavy atom. The van der Waals surface area contributed by atoms with Crippen molar-refractivity contribution in [1.29, 1.82) is 5.26 Å². The van der Waals surface area contributed by atoms with Gasteiger partial charge in [0.1, 0.15) is 0 Å². The zero-order valence-corrected chi connectivity index (χ0v) is 19.2. The zero-order chi connectivity index (χ0) is 24.2. The van der Waals surface area contributed by atoms with Crippen LogP contribution in [0.5, 0.6) is 0 Å². The molecule has 1 unspecified atom stereocenters. The lowest BCUT2D eigenvalue weighted by molar-refractivity contribution is -0.129. The fourth-order valence-electron chi connectivity index (χ4n) is 4.67. The van der Waals surface area contributed by atoms with Crippen molar-refractivity contribution in [3.05, 3.63) is 70.8 Å². The van der Waals surface area contributed by atoms with Crippen molar-refractivity contribution in [3.8, 4) is 6.07 Å². The summed E-state index contributed by atoms with van der Waals surface area (Å²) in [5, 5.41) is 12.1. The lowest BCUT2D eigenvalue weighted by atomic mass is 9.92. The molecule has 176 valence electrons. The summed E-state index contributed by atoms with van der Waals surface area (Å²) in [5.74, 6) is -1.000. The number of carbonyl (C=O) groups excluding carboxylic acids is 3. The van der Waals surface area contributed by atoms with Crippen LogP contribution >= 0.6 is 0 Å². The first kappa shape index (κ1) is 23.5. The van der Waals surface area contributed by atoms with E-state index >= 15 is 0 Å². The monoisotopic (exact) mass is 459 g/mol. The van der Waals surface area contributed by atoms with Gasteiger partial charge in [0.25, 0.3) is 17.7 Å². The molecule has 1 saturated carbocycles. The Bertz CT molecular complexity index is 1120. The van der Waals surface area contributed by atoms with E-state index in [-0.39, 0.29) is 42.9 Å². The molecule has 2 aromatic rings. The minimum atomic E-state index is -1.05. The molecule has 1 aliphatic heterocycles. The van der Waals surface area contributed by atoms with E-state index in [0.29, 0.717) is 16.7 Å². The van der Waals surface area contributed by atoms with Crippen LogP contribution in [0.15, 0.2) is 48.5 Å². The number of aryl methyl sites for hydroxylation is 1. The first-order valence-corrected chi connectivity index (χ1v) is 11.6. The molecule has 0 radical (unpaired) electrons. The van der Waals surface area contributed by atoms with Crippen LogP contribution in [0.25, 0.3) is 0 Å². The van der Waals surface area contributed by atoms with Gasteiger partial charge in [0, 0.05) is 36.3 Å². The van der Waals surface area contributed by atoms with E-state index < -0.39 is 6.17 Å². The number of benzene rings is 2. The molecule has 34 heavy (non-hydrogen) atoms. The number of rotatable bonds is 4. The van der Waals surface area contributed by atoms with Crippen LogP contribution in [0.4, 0.5) is 0 Å². The van der Waals surface area contributed by atoms with Gasteiger partial charge < -0.3 is 20.9 Å². The van der Waals surface area contributed by atoms with Gasteiger partial charge in [-0.3, -0.25) is 14.4 Å². The maximum absolute atomic E-state index is 13.5. The van der Waals surface area contributed by atoms with E-state index in [1.54, 1.807) is 42.5 Å². The quantitative estimate of drug-likeness (QED) is 0.726. The molecule has 2 fully saturated rings. The van der Waals surface area contributed by atoms with Crippen LogP contribution in [0.3, 0.4) is 0 Å². The number of amides is 3. The molecule has 8 heteroatoms. The van der Waals surface area contributed by atoms with Crippen LogP contribution in [0, 0.1) is 18.3 Å². The number of nitrogens with one attached hydrogen (secondary N) is 1. The maximum atomic E-state index is 13.5. The van der Waals surface area contributed by atoms with Crippen molar-refractivity contribution in [2.75, 3.05) is 13.1 Å². The lowest BCUT2D eigenvalue weighted by Gasteiger charge is -2.33. The fourth-order valence-corrected chi connectivity index (χ4v) is 4.67. The number of hydrogen-bond acceptors (Lipinski definition) is 5. The van der Waals surface area contributed by atoms with Crippen LogP contribution in [0.1, 0.15) is 57.5 Å². The van der Waals surface area contributed by atoms with Crippen molar-refractivity contribution in [1.82, 2.24) is 15.1 Å². The molecule has 0 aromatic heterocycles. The van der Waals surface area contributed by atoms with Crippen LogP contribution in [0.2, 0.25) is 0 Å². The van der Waals surface area contributed by atoms with Gasteiger partial charge in [-0.1, -0.05) is 17.7 Å². The summed E-state index contributed by atoms with van der Waals surface area (Å²) in [4.78, 5) is 43.2. The molecule has 1 saturated heterocycles. The second kappa shape index (κ2) is 10.1. The summed E-state index contributed by atoms with van der Waals surface area (Å²) < 4.78 is 0. The third-order valence-corrected chi connectivity index (χ3v) is 6.57. The maximum Gasteiger partial charge on any atom is 0.264 e. The molecular formula is C26H29N5O3. The molecule has 2 aliphatic rings. The Balaban J connectivity index is 1.60. The predicted molar refractivity (Wildman–Crippen MR) is 127 cm³/mol. The number of hydrogen-bond donors (Lipinski definition) is 2. The summed E-state index contributed by atoms with van der Waals surface area (Å²) in [7, 11) is 0. The van der Waals surface area contributed by atoms with Gasteiger partial charge in [-0.2, -0.15) is 5.26 Å². The summed E-state index contributed by atoms with van der Waals surface area (Å²) in [5.41, 5.74) is 8.23. The third-order valence-electron chi connectivity index (χ3n) is 6.57. The fraction of sp³-hybridized carbons (Fsp3) is 0.385. The van der Waals surface area contributed by atoms with E-state index in [9.17, 15) is 14.4 Å². The number of carbonyl (C=O) groups is 3. The van der Waals surface area contributed by atoms with Gasteiger partial charge in [-0.25, -0.2) is 0 Å². The normalized spacial score (nSPS) is 22.2. The predicted octanol–water partition coefficient (Wildman–Crippen LogP) is 2.18. The highest BCUT2D eigenvalue weighted by atomic mass is 16.2. The highest BCUT2D eigenvalue weighted by Crippen LogP contribution is 2.23. The molecule has 2 aromatic carbocycles. The first-order chi connectivity index (χ1) is 16.4. The first-order valence-electron chi connectivity index (χ1n) is 11.6. The van der Waals surface area contributed by atoms with Gasteiger partial charge in [-0.05, 0) is 69.0 Å². The summed E-state index contributed by atoms with van der Waals surface area (Å²) in [6.07, 6.45) is 2.15. The molecule has 1 aliphatic carbocycles. The Morgan fingerprint density at radius 3 is 2.15 bits per heavy atom. The minimum Gasteiger partial charge on any atom is -0.350 e. The number of nitrogens with two attached hydrogens (primary N) is 1. The van der Waals surface area contributed by atoms with Crippen LogP contribution in [-0.4, -0.2) is 58.9 Å². The van der Waals surface area contributed by atoms with Gasteiger partial charge in [0.2, 0.25) is 0 Å². The van der Waals surface area contributed by atoms with Crippen molar-refractivity contribution >= 4 is 17.7 Å².